The normalized spacial score (nSPS) is 11.9. The predicted molar refractivity (Wildman–Crippen MR) is 248 cm³/mol. The third kappa shape index (κ3) is 4.93. The van der Waals surface area contributed by atoms with Crippen LogP contribution in [0.25, 0.3) is 118 Å². The zero-order valence-electron chi connectivity index (χ0n) is 31.0. The molecule has 0 bridgehead atoms. The van der Waals surface area contributed by atoms with Crippen LogP contribution in [-0.2, 0) is 0 Å². The van der Waals surface area contributed by atoms with Crippen LogP contribution in [0.3, 0.4) is 0 Å². The fourth-order valence-corrected chi connectivity index (χ4v) is 12.3. The molecule has 0 nitrogen and oxygen atoms in total. The topological polar surface area (TPSA) is 0 Å². The zero-order valence-corrected chi connectivity index (χ0v) is 32.8. The van der Waals surface area contributed by atoms with E-state index < -0.39 is 0 Å². The quantitative estimate of drug-likeness (QED) is 0.123. The van der Waals surface area contributed by atoms with E-state index in [2.05, 4.69) is 206 Å². The first-order valence-electron chi connectivity index (χ1n) is 19.7. The second-order valence-electron chi connectivity index (χ2n) is 15.1. The van der Waals surface area contributed by atoms with E-state index in [4.69, 9.17) is 0 Å². The van der Waals surface area contributed by atoms with E-state index in [-0.39, 0.29) is 14.5 Å². The van der Waals surface area contributed by atoms with Gasteiger partial charge < -0.3 is 0 Å². The summed E-state index contributed by atoms with van der Waals surface area (Å²) >= 11 is 0.119. The third-order valence-electron chi connectivity index (χ3n) is 12.0. The van der Waals surface area contributed by atoms with Crippen molar-refractivity contribution in [3.8, 4) is 44.5 Å². The first-order valence-corrected chi connectivity index (χ1v) is 21.4. The minimum atomic E-state index is 0.119. The van der Waals surface area contributed by atoms with Crippen molar-refractivity contribution in [3.05, 3.63) is 206 Å². The second-order valence-corrected chi connectivity index (χ2v) is 17.3. The minimum absolute atomic E-state index is 0.119. The molecule has 0 radical (unpaired) electrons. The van der Waals surface area contributed by atoms with E-state index in [9.17, 15) is 0 Å². The summed E-state index contributed by atoms with van der Waals surface area (Å²) in [4.78, 5) is 0. The maximum absolute atomic E-state index is 2.38. The van der Waals surface area contributed by atoms with Crippen molar-refractivity contribution in [3.63, 3.8) is 0 Å². The molecular formula is C56H34Se. The van der Waals surface area contributed by atoms with Gasteiger partial charge >= 0.3 is 332 Å². The number of benzene rings is 11. The van der Waals surface area contributed by atoms with Crippen molar-refractivity contribution in [2.24, 2.45) is 0 Å². The van der Waals surface area contributed by atoms with Gasteiger partial charge in [0.1, 0.15) is 0 Å². The van der Waals surface area contributed by atoms with Gasteiger partial charge in [0.05, 0.1) is 0 Å². The van der Waals surface area contributed by atoms with Crippen LogP contribution in [0.15, 0.2) is 206 Å². The molecule has 0 spiro atoms. The monoisotopic (exact) mass is 786 g/mol. The molecule has 0 aliphatic carbocycles. The fourth-order valence-electron chi connectivity index (χ4n) is 9.66. The van der Waals surface area contributed by atoms with Gasteiger partial charge in [0.2, 0.25) is 0 Å². The van der Waals surface area contributed by atoms with E-state index in [1.54, 1.807) is 0 Å². The van der Waals surface area contributed by atoms with E-state index in [0.29, 0.717) is 0 Å². The van der Waals surface area contributed by atoms with Crippen molar-refractivity contribution in [2.45, 2.75) is 0 Å². The first-order chi connectivity index (χ1) is 28.3. The third-order valence-corrected chi connectivity index (χ3v) is 14.6. The van der Waals surface area contributed by atoms with Crippen molar-refractivity contribution in [2.75, 3.05) is 0 Å². The molecule has 0 unspecified atom stereocenters. The molecule has 57 heavy (non-hydrogen) atoms. The van der Waals surface area contributed by atoms with Crippen molar-refractivity contribution < 1.29 is 0 Å². The van der Waals surface area contributed by atoms with Crippen LogP contribution in [0.4, 0.5) is 0 Å². The van der Waals surface area contributed by atoms with E-state index in [1.165, 1.54) is 118 Å². The molecule has 0 saturated carbocycles. The van der Waals surface area contributed by atoms with Crippen molar-refractivity contribution >= 4 is 87.7 Å². The molecular weight excluding hydrogens is 752 g/mol. The van der Waals surface area contributed by atoms with Crippen LogP contribution in [0.2, 0.25) is 0 Å². The van der Waals surface area contributed by atoms with Crippen LogP contribution < -0.4 is 0 Å². The summed E-state index contributed by atoms with van der Waals surface area (Å²) in [5.41, 5.74) is 10.4. The SMILES string of the molecule is c1ccc(-c2c3ccccc3c(-c3cccc4c3[se]c3cccc(-c5c6ccccc6c(-c6ccc7ccccc7c6)c6ccccc56)c34)c3ccccc23)cc1. The molecule has 11 aromatic carbocycles. The molecule has 264 valence electrons. The molecule has 1 heteroatoms. The summed E-state index contributed by atoms with van der Waals surface area (Å²) in [7, 11) is 0. The predicted octanol–water partition coefficient (Wildman–Crippen LogP) is 15.5. The second kappa shape index (κ2) is 12.9. The maximum atomic E-state index is 2.38. The molecule has 12 aromatic rings. The van der Waals surface area contributed by atoms with E-state index >= 15 is 0 Å². The molecule has 0 N–H and O–H groups in total. The fraction of sp³-hybridized carbons (Fsp3) is 0. The van der Waals surface area contributed by atoms with Crippen LogP contribution in [-0.4, -0.2) is 14.5 Å². The summed E-state index contributed by atoms with van der Waals surface area (Å²) < 4.78 is 2.92. The Morgan fingerprint density at radius 2 is 0.702 bits per heavy atom. The van der Waals surface area contributed by atoms with Gasteiger partial charge in [-0.1, -0.05) is 6.07 Å². The Morgan fingerprint density at radius 1 is 0.263 bits per heavy atom. The summed E-state index contributed by atoms with van der Waals surface area (Å²) in [6, 6.07) is 76.8. The Bertz CT molecular complexity index is 3460. The average Bonchev–Trinajstić information content (AvgIpc) is 3.67. The van der Waals surface area contributed by atoms with Gasteiger partial charge in [-0.3, -0.25) is 0 Å². The Labute approximate surface area is 336 Å². The van der Waals surface area contributed by atoms with Gasteiger partial charge in [0.15, 0.2) is 0 Å². The van der Waals surface area contributed by atoms with Gasteiger partial charge in [0, 0.05) is 0 Å². The Morgan fingerprint density at radius 3 is 1.30 bits per heavy atom. The van der Waals surface area contributed by atoms with E-state index in [1.807, 2.05) is 0 Å². The van der Waals surface area contributed by atoms with Gasteiger partial charge in [-0.05, 0) is 0 Å². The first kappa shape index (κ1) is 32.5. The number of fused-ring (bicyclic) bond motifs is 8. The Hall–Kier alpha value is -6.76. The molecule has 0 amide bonds. The molecule has 12 rings (SSSR count). The van der Waals surface area contributed by atoms with Crippen LogP contribution >= 0.6 is 0 Å². The Kier molecular flexibility index (Phi) is 7.35. The Balaban J connectivity index is 1.16. The molecule has 1 heterocycles. The number of rotatable bonds is 4. The standard InChI is InChI=1S/C56H34Se/c1-2-17-36(18-3-1)51-39-20-6-12-26-45(39)54(46-27-13-7-21-40(46)51)48-29-14-30-49-55-47(28-15-31-50(55)57-56(48)49)53-43-24-10-8-22-41(43)52(42-23-9-11-25-44(42)53)38-33-32-35-16-4-5-19-37(35)34-38/h1-34H. The molecule has 0 aliphatic heterocycles. The molecule has 0 atom stereocenters. The average molecular weight is 786 g/mol. The summed E-state index contributed by atoms with van der Waals surface area (Å²) in [5, 5.41) is 15.6. The molecule has 0 fully saturated rings. The van der Waals surface area contributed by atoms with Gasteiger partial charge in [-0.25, -0.2) is 0 Å². The van der Waals surface area contributed by atoms with E-state index in [0.717, 1.165) is 0 Å². The summed E-state index contributed by atoms with van der Waals surface area (Å²) in [5.74, 6) is 0. The van der Waals surface area contributed by atoms with Crippen molar-refractivity contribution in [1.29, 1.82) is 0 Å². The summed E-state index contributed by atoms with van der Waals surface area (Å²) in [6.07, 6.45) is 0. The van der Waals surface area contributed by atoms with Crippen LogP contribution in [0, 0.1) is 0 Å². The number of hydrogen-bond donors (Lipinski definition) is 0. The molecule has 0 saturated heterocycles. The molecule has 0 aliphatic rings. The van der Waals surface area contributed by atoms with Crippen molar-refractivity contribution in [1.82, 2.24) is 0 Å². The number of hydrogen-bond acceptors (Lipinski definition) is 0. The molecule has 1 aromatic heterocycles. The van der Waals surface area contributed by atoms with Gasteiger partial charge in [0.25, 0.3) is 0 Å². The zero-order chi connectivity index (χ0) is 37.5. The van der Waals surface area contributed by atoms with Crippen LogP contribution in [0.1, 0.15) is 0 Å². The van der Waals surface area contributed by atoms with Gasteiger partial charge in [-0.15, -0.1) is 0 Å². The summed E-state index contributed by atoms with van der Waals surface area (Å²) in [6.45, 7) is 0. The van der Waals surface area contributed by atoms with Crippen LogP contribution in [0.5, 0.6) is 0 Å². The van der Waals surface area contributed by atoms with Gasteiger partial charge in [-0.2, -0.15) is 0 Å².